The van der Waals surface area contributed by atoms with Gasteiger partial charge in [-0.3, -0.25) is 30.3 Å². The molecule has 2 aromatic rings. The fraction of sp³-hybridized carbons (Fsp3) is 0.250. The van der Waals surface area contributed by atoms with Gasteiger partial charge >= 0.3 is 11.4 Å². The number of sulfonamides is 1. The Morgan fingerprint density at radius 1 is 0.833 bits per heavy atom. The summed E-state index contributed by atoms with van der Waals surface area (Å²) in [5.41, 5.74) is -2.08. The lowest BCUT2D eigenvalue weighted by molar-refractivity contribution is -0.394. The number of hydrogen-bond acceptors (Lipinski definition) is 9. The van der Waals surface area contributed by atoms with Gasteiger partial charge < -0.3 is 4.74 Å². The smallest absolute Gasteiger partial charge is 0.318 e. The SMILES string of the molecule is CCN(CC)S(=O)(=O)c1ccc(Oc2ccc([N+](=O)[O-])cc2[N+](=O)[O-])c([N+](=O)[O-])c1. The summed E-state index contributed by atoms with van der Waals surface area (Å²) in [6, 6.07) is 5.39. The number of nitrogens with zero attached hydrogens (tertiary/aromatic N) is 4. The highest BCUT2D eigenvalue weighted by molar-refractivity contribution is 7.89. The van der Waals surface area contributed by atoms with Crippen molar-refractivity contribution in [2.24, 2.45) is 0 Å². The third-order valence-corrected chi connectivity index (χ3v) is 6.09. The lowest BCUT2D eigenvalue weighted by atomic mass is 10.2. The van der Waals surface area contributed by atoms with E-state index in [1.54, 1.807) is 13.8 Å². The molecule has 2 rings (SSSR count). The normalized spacial score (nSPS) is 11.3. The summed E-state index contributed by atoms with van der Waals surface area (Å²) in [5, 5.41) is 33.5. The Bertz CT molecular complexity index is 1110. The maximum Gasteiger partial charge on any atom is 0.318 e. The van der Waals surface area contributed by atoms with Crippen molar-refractivity contribution in [2.75, 3.05) is 13.1 Å². The molecule has 0 saturated heterocycles. The Kier molecular flexibility index (Phi) is 6.63. The Hall–Kier alpha value is -3.65. The van der Waals surface area contributed by atoms with Crippen LogP contribution in [0.25, 0.3) is 0 Å². The van der Waals surface area contributed by atoms with Gasteiger partial charge in [-0.05, 0) is 18.2 Å². The van der Waals surface area contributed by atoms with Gasteiger partial charge in [-0.1, -0.05) is 13.8 Å². The predicted octanol–water partition coefficient (Wildman–Crippen LogP) is 3.23. The van der Waals surface area contributed by atoms with E-state index in [9.17, 15) is 38.8 Å². The van der Waals surface area contributed by atoms with Gasteiger partial charge in [-0.25, -0.2) is 8.42 Å². The number of hydrogen-bond donors (Lipinski definition) is 0. The van der Waals surface area contributed by atoms with Gasteiger partial charge in [0.2, 0.25) is 21.5 Å². The van der Waals surface area contributed by atoms with Crippen molar-refractivity contribution < 1.29 is 27.9 Å². The molecule has 0 saturated carbocycles. The van der Waals surface area contributed by atoms with E-state index in [4.69, 9.17) is 4.74 Å². The zero-order valence-corrected chi connectivity index (χ0v) is 16.6. The highest BCUT2D eigenvalue weighted by Gasteiger charge is 2.28. The van der Waals surface area contributed by atoms with Crippen LogP contribution in [0.1, 0.15) is 13.8 Å². The van der Waals surface area contributed by atoms with Crippen LogP contribution in [-0.4, -0.2) is 40.6 Å². The molecule has 0 radical (unpaired) electrons. The molecule has 160 valence electrons. The molecule has 0 aliphatic rings. The lowest BCUT2D eigenvalue weighted by Gasteiger charge is -2.18. The summed E-state index contributed by atoms with van der Waals surface area (Å²) >= 11 is 0. The third-order valence-electron chi connectivity index (χ3n) is 4.04. The molecule has 0 unspecified atom stereocenters. The average Bonchev–Trinajstić information content (AvgIpc) is 2.68. The molecule has 0 aliphatic heterocycles. The Balaban J connectivity index is 2.56. The maximum absolute atomic E-state index is 12.6. The highest BCUT2D eigenvalue weighted by Crippen LogP contribution is 2.39. The van der Waals surface area contributed by atoms with Crippen LogP contribution >= 0.6 is 0 Å². The van der Waals surface area contributed by atoms with Crippen molar-refractivity contribution in [3.05, 3.63) is 66.7 Å². The lowest BCUT2D eigenvalue weighted by Crippen LogP contribution is -2.30. The Morgan fingerprint density at radius 3 is 1.80 bits per heavy atom. The van der Waals surface area contributed by atoms with Gasteiger partial charge in [0, 0.05) is 25.2 Å². The van der Waals surface area contributed by atoms with Crippen LogP contribution in [0.5, 0.6) is 11.5 Å². The summed E-state index contributed by atoms with van der Waals surface area (Å²) in [6.45, 7) is 3.53. The van der Waals surface area contributed by atoms with Gasteiger partial charge in [0.05, 0.1) is 25.7 Å². The molecule has 0 amide bonds. The zero-order chi connectivity index (χ0) is 22.6. The molecular formula is C16H16N4O9S. The van der Waals surface area contributed by atoms with Crippen LogP contribution in [0.2, 0.25) is 0 Å². The second-order valence-electron chi connectivity index (χ2n) is 5.74. The first-order valence-electron chi connectivity index (χ1n) is 8.42. The number of ether oxygens (including phenoxy) is 1. The largest absolute Gasteiger partial charge is 0.443 e. The minimum Gasteiger partial charge on any atom is -0.443 e. The van der Waals surface area contributed by atoms with E-state index < -0.39 is 53.4 Å². The quantitative estimate of drug-likeness (QED) is 0.418. The molecule has 30 heavy (non-hydrogen) atoms. The number of nitro groups is 3. The molecule has 0 fully saturated rings. The van der Waals surface area contributed by atoms with E-state index in [0.29, 0.717) is 6.07 Å². The number of benzene rings is 2. The molecule has 0 aliphatic carbocycles. The fourth-order valence-electron chi connectivity index (χ4n) is 2.57. The predicted molar refractivity (Wildman–Crippen MR) is 103 cm³/mol. The summed E-state index contributed by atoms with van der Waals surface area (Å²) in [6.07, 6.45) is 0. The van der Waals surface area contributed by atoms with E-state index in [0.717, 1.165) is 34.6 Å². The zero-order valence-electron chi connectivity index (χ0n) is 15.7. The van der Waals surface area contributed by atoms with E-state index >= 15 is 0 Å². The van der Waals surface area contributed by atoms with Crippen molar-refractivity contribution in [3.8, 4) is 11.5 Å². The molecule has 0 atom stereocenters. The van der Waals surface area contributed by atoms with Crippen LogP contribution in [-0.2, 0) is 10.0 Å². The molecule has 0 N–H and O–H groups in total. The molecule has 0 spiro atoms. The highest BCUT2D eigenvalue weighted by atomic mass is 32.2. The van der Waals surface area contributed by atoms with E-state index in [2.05, 4.69) is 0 Å². The maximum atomic E-state index is 12.6. The van der Waals surface area contributed by atoms with Crippen LogP contribution in [0, 0.1) is 30.3 Å². The van der Waals surface area contributed by atoms with Gasteiger partial charge in [-0.15, -0.1) is 0 Å². The molecule has 0 bridgehead atoms. The summed E-state index contributed by atoms with van der Waals surface area (Å²) < 4.78 is 31.6. The molecule has 13 nitrogen and oxygen atoms in total. The number of rotatable bonds is 9. The van der Waals surface area contributed by atoms with Crippen molar-refractivity contribution in [2.45, 2.75) is 18.7 Å². The first-order chi connectivity index (χ1) is 14.0. The molecule has 0 heterocycles. The number of nitro benzene ring substituents is 3. The van der Waals surface area contributed by atoms with Crippen LogP contribution in [0.15, 0.2) is 41.3 Å². The fourth-order valence-corrected chi connectivity index (χ4v) is 4.04. The van der Waals surface area contributed by atoms with Crippen molar-refractivity contribution in [1.29, 1.82) is 0 Å². The van der Waals surface area contributed by atoms with Crippen molar-refractivity contribution >= 4 is 27.1 Å². The summed E-state index contributed by atoms with van der Waals surface area (Å²) in [5.74, 6) is -0.941. The summed E-state index contributed by atoms with van der Waals surface area (Å²) in [4.78, 5) is 30.5. The van der Waals surface area contributed by atoms with E-state index in [-0.39, 0.29) is 18.0 Å². The Morgan fingerprint density at radius 2 is 1.33 bits per heavy atom. The minimum absolute atomic E-state index is 0.153. The third kappa shape index (κ3) is 4.49. The number of non-ortho nitro benzene ring substituents is 1. The van der Waals surface area contributed by atoms with Gasteiger partial charge in [0.1, 0.15) is 0 Å². The molecule has 0 aromatic heterocycles. The second-order valence-corrected chi connectivity index (χ2v) is 7.68. The van der Waals surface area contributed by atoms with Gasteiger partial charge in [0.15, 0.2) is 0 Å². The summed E-state index contributed by atoms with van der Waals surface area (Å²) in [7, 11) is -3.99. The topological polar surface area (TPSA) is 176 Å². The minimum atomic E-state index is -3.99. The van der Waals surface area contributed by atoms with Crippen molar-refractivity contribution in [1.82, 2.24) is 4.31 Å². The standard InChI is InChI=1S/C16H16N4O9S/c1-3-17(4-2)30(27,28)12-6-8-16(14(10-12)20(25)26)29-15-7-5-11(18(21)22)9-13(15)19(23)24/h5-10H,3-4H2,1-2H3. The monoisotopic (exact) mass is 440 g/mol. The van der Waals surface area contributed by atoms with E-state index in [1.165, 1.54) is 0 Å². The molecule has 14 heteroatoms. The van der Waals surface area contributed by atoms with Crippen LogP contribution in [0.4, 0.5) is 17.1 Å². The molecular weight excluding hydrogens is 424 g/mol. The first-order valence-corrected chi connectivity index (χ1v) is 9.86. The van der Waals surface area contributed by atoms with Gasteiger partial charge in [-0.2, -0.15) is 4.31 Å². The van der Waals surface area contributed by atoms with E-state index in [1.807, 2.05) is 0 Å². The first kappa shape index (κ1) is 22.6. The van der Waals surface area contributed by atoms with Gasteiger partial charge in [0.25, 0.3) is 5.69 Å². The average molecular weight is 440 g/mol. The van der Waals surface area contributed by atoms with Crippen LogP contribution < -0.4 is 4.74 Å². The molecule has 2 aromatic carbocycles. The van der Waals surface area contributed by atoms with Crippen LogP contribution in [0.3, 0.4) is 0 Å². The van der Waals surface area contributed by atoms with Crippen molar-refractivity contribution in [3.63, 3.8) is 0 Å². The Labute approximate surface area is 170 Å². The second kappa shape index (κ2) is 8.79.